The van der Waals surface area contributed by atoms with Crippen LogP contribution in [0.4, 0.5) is 11.6 Å². The molecular weight excluding hydrogens is 422 g/mol. The standard InChI is InChI=1S/C23H23N7O3/c1-33-18-5-7-23(32)30(12-18)13-22(31)28-20-8-19(25-14-26-20)24-9-17-11-29-10-16(15-2-3-15)4-6-21(29)27-17/h4-8,10-12,14-15H,2-3,9,13H2,1H3,(H2,24,25,26,28,31). The number of nitrogens with zero attached hydrogens (tertiary/aromatic N) is 5. The molecule has 0 spiro atoms. The van der Waals surface area contributed by atoms with Crippen LogP contribution in [-0.2, 0) is 17.9 Å². The van der Waals surface area contributed by atoms with E-state index >= 15 is 0 Å². The lowest BCUT2D eigenvalue weighted by Crippen LogP contribution is -2.27. The van der Waals surface area contributed by atoms with Crippen LogP contribution in [0.1, 0.15) is 30.0 Å². The third-order valence-corrected chi connectivity index (χ3v) is 5.46. The number of carbonyl (C=O) groups is 1. The Balaban J connectivity index is 1.21. The average molecular weight is 445 g/mol. The Morgan fingerprint density at radius 2 is 1.97 bits per heavy atom. The first-order chi connectivity index (χ1) is 16.1. The first kappa shape index (κ1) is 20.7. The molecule has 1 fully saturated rings. The number of pyridine rings is 2. The summed E-state index contributed by atoms with van der Waals surface area (Å²) < 4.78 is 8.42. The van der Waals surface area contributed by atoms with Crippen molar-refractivity contribution in [3.8, 4) is 5.75 Å². The van der Waals surface area contributed by atoms with Crippen molar-refractivity contribution in [1.29, 1.82) is 0 Å². The predicted molar refractivity (Wildman–Crippen MR) is 122 cm³/mol. The highest BCUT2D eigenvalue weighted by molar-refractivity contribution is 5.89. The van der Waals surface area contributed by atoms with Gasteiger partial charge in [-0.25, -0.2) is 15.0 Å². The number of ether oxygens (including phenoxy) is 1. The van der Waals surface area contributed by atoms with Crippen LogP contribution in [0.5, 0.6) is 5.75 Å². The summed E-state index contributed by atoms with van der Waals surface area (Å²) in [5.41, 5.74) is 2.84. The molecule has 4 heterocycles. The van der Waals surface area contributed by atoms with Crippen LogP contribution in [0.15, 0.2) is 60.0 Å². The molecule has 10 nitrogen and oxygen atoms in total. The second-order valence-electron chi connectivity index (χ2n) is 7.96. The third-order valence-electron chi connectivity index (χ3n) is 5.46. The summed E-state index contributed by atoms with van der Waals surface area (Å²) in [4.78, 5) is 37.3. The van der Waals surface area contributed by atoms with Crippen molar-refractivity contribution in [1.82, 2.24) is 23.9 Å². The lowest BCUT2D eigenvalue weighted by Gasteiger charge is -2.09. The van der Waals surface area contributed by atoms with E-state index in [1.54, 1.807) is 12.1 Å². The van der Waals surface area contributed by atoms with Gasteiger partial charge in [-0.3, -0.25) is 9.59 Å². The van der Waals surface area contributed by atoms with Crippen LogP contribution in [-0.4, -0.2) is 36.9 Å². The van der Waals surface area contributed by atoms with Crippen molar-refractivity contribution in [3.63, 3.8) is 0 Å². The Hall–Kier alpha value is -4.21. The minimum Gasteiger partial charge on any atom is -0.495 e. The lowest BCUT2D eigenvalue weighted by atomic mass is 10.2. The van der Waals surface area contributed by atoms with Gasteiger partial charge in [0.15, 0.2) is 0 Å². The van der Waals surface area contributed by atoms with Gasteiger partial charge < -0.3 is 24.3 Å². The van der Waals surface area contributed by atoms with Crippen molar-refractivity contribution in [2.45, 2.75) is 31.8 Å². The van der Waals surface area contributed by atoms with Crippen molar-refractivity contribution in [2.24, 2.45) is 0 Å². The van der Waals surface area contributed by atoms with Gasteiger partial charge >= 0.3 is 0 Å². The molecule has 0 bridgehead atoms. The number of amides is 1. The molecule has 33 heavy (non-hydrogen) atoms. The van der Waals surface area contributed by atoms with Crippen LogP contribution in [0.3, 0.4) is 0 Å². The largest absolute Gasteiger partial charge is 0.495 e. The highest BCUT2D eigenvalue weighted by Crippen LogP contribution is 2.39. The molecule has 2 N–H and O–H groups in total. The zero-order valence-electron chi connectivity index (χ0n) is 18.1. The average Bonchev–Trinajstić information content (AvgIpc) is 3.58. The molecule has 4 aromatic heterocycles. The minimum absolute atomic E-state index is 0.160. The zero-order chi connectivity index (χ0) is 22.8. The van der Waals surface area contributed by atoms with E-state index in [9.17, 15) is 9.59 Å². The van der Waals surface area contributed by atoms with E-state index in [2.05, 4.69) is 42.2 Å². The van der Waals surface area contributed by atoms with Crippen molar-refractivity contribution in [3.05, 3.63) is 76.9 Å². The van der Waals surface area contributed by atoms with Gasteiger partial charge in [-0.1, -0.05) is 6.07 Å². The second kappa shape index (κ2) is 8.73. The van der Waals surface area contributed by atoms with E-state index in [0.29, 0.717) is 29.8 Å². The molecule has 10 heteroatoms. The smallest absolute Gasteiger partial charge is 0.251 e. The number of methoxy groups -OCH3 is 1. The van der Waals surface area contributed by atoms with Crippen LogP contribution < -0.4 is 20.9 Å². The normalized spacial score (nSPS) is 13.1. The number of hydrogen-bond acceptors (Lipinski definition) is 7. The highest BCUT2D eigenvalue weighted by atomic mass is 16.5. The van der Waals surface area contributed by atoms with Crippen LogP contribution >= 0.6 is 0 Å². The lowest BCUT2D eigenvalue weighted by molar-refractivity contribution is -0.116. The number of rotatable bonds is 8. The molecule has 5 rings (SSSR count). The quantitative estimate of drug-likeness (QED) is 0.428. The Morgan fingerprint density at radius 3 is 2.79 bits per heavy atom. The van der Waals surface area contributed by atoms with E-state index in [1.807, 2.05) is 12.3 Å². The van der Waals surface area contributed by atoms with Gasteiger partial charge in [0.25, 0.3) is 5.56 Å². The fraction of sp³-hybridized carbons (Fsp3) is 0.261. The van der Waals surface area contributed by atoms with Gasteiger partial charge in [0.05, 0.1) is 19.3 Å². The minimum atomic E-state index is -0.387. The molecule has 4 aromatic rings. The molecular formula is C23H23N7O3. The molecule has 1 amide bonds. The van der Waals surface area contributed by atoms with Crippen molar-refractivity contribution in [2.75, 3.05) is 17.7 Å². The maximum atomic E-state index is 12.4. The number of carbonyl (C=O) groups excluding carboxylic acids is 1. The Morgan fingerprint density at radius 1 is 1.12 bits per heavy atom. The Kier molecular flexibility index (Phi) is 5.47. The van der Waals surface area contributed by atoms with Crippen LogP contribution in [0, 0.1) is 0 Å². The molecule has 0 unspecified atom stereocenters. The Bertz CT molecular complexity index is 1370. The van der Waals surface area contributed by atoms with Gasteiger partial charge in [-0.15, -0.1) is 0 Å². The van der Waals surface area contributed by atoms with E-state index in [1.165, 1.54) is 48.7 Å². The summed E-state index contributed by atoms with van der Waals surface area (Å²) in [6.45, 7) is 0.316. The molecule has 0 aromatic carbocycles. The zero-order valence-corrected chi connectivity index (χ0v) is 18.1. The number of imidazole rings is 1. The SMILES string of the molecule is COc1ccc(=O)n(CC(=O)Nc2cc(NCc3cn4cc(C5CC5)ccc4n3)ncn2)c1. The molecule has 0 radical (unpaired) electrons. The van der Waals surface area contributed by atoms with Gasteiger partial charge in [0, 0.05) is 30.7 Å². The molecule has 0 saturated heterocycles. The maximum Gasteiger partial charge on any atom is 0.251 e. The summed E-state index contributed by atoms with van der Waals surface area (Å²) in [6.07, 6.45) is 9.52. The molecule has 0 aliphatic heterocycles. The van der Waals surface area contributed by atoms with Gasteiger partial charge in [0.2, 0.25) is 5.91 Å². The second-order valence-corrected chi connectivity index (χ2v) is 7.96. The van der Waals surface area contributed by atoms with E-state index < -0.39 is 0 Å². The monoisotopic (exact) mass is 445 g/mol. The molecule has 1 aliphatic rings. The molecule has 1 aliphatic carbocycles. The van der Waals surface area contributed by atoms with E-state index in [0.717, 1.165) is 11.3 Å². The summed E-state index contributed by atoms with van der Waals surface area (Å²) in [7, 11) is 1.50. The topological polar surface area (TPSA) is 115 Å². The highest BCUT2D eigenvalue weighted by Gasteiger charge is 2.23. The van der Waals surface area contributed by atoms with E-state index in [4.69, 9.17) is 4.74 Å². The molecule has 0 atom stereocenters. The summed E-state index contributed by atoms with van der Waals surface area (Å²) in [5.74, 6) is 1.68. The number of anilines is 2. The summed E-state index contributed by atoms with van der Waals surface area (Å²) in [5, 5.41) is 5.90. The van der Waals surface area contributed by atoms with E-state index in [-0.39, 0.29) is 18.0 Å². The van der Waals surface area contributed by atoms with Gasteiger partial charge in [0.1, 0.15) is 35.9 Å². The molecule has 1 saturated carbocycles. The maximum absolute atomic E-state index is 12.4. The van der Waals surface area contributed by atoms with Crippen molar-refractivity contribution < 1.29 is 9.53 Å². The number of nitrogens with one attached hydrogen (secondary N) is 2. The van der Waals surface area contributed by atoms with Gasteiger partial charge in [-0.05, 0) is 36.5 Å². The fourth-order valence-electron chi connectivity index (χ4n) is 3.60. The summed E-state index contributed by atoms with van der Waals surface area (Å²) >= 11 is 0. The fourth-order valence-corrected chi connectivity index (χ4v) is 3.60. The predicted octanol–water partition coefficient (Wildman–Crippen LogP) is 2.42. The third kappa shape index (κ3) is 4.84. The van der Waals surface area contributed by atoms with Crippen LogP contribution in [0.25, 0.3) is 5.65 Å². The number of fused-ring (bicyclic) bond motifs is 1. The first-order valence-electron chi connectivity index (χ1n) is 10.7. The van der Waals surface area contributed by atoms with Gasteiger partial charge in [-0.2, -0.15) is 0 Å². The number of hydrogen-bond donors (Lipinski definition) is 2. The van der Waals surface area contributed by atoms with Crippen molar-refractivity contribution >= 4 is 23.2 Å². The summed E-state index contributed by atoms with van der Waals surface area (Å²) in [6, 6.07) is 8.73. The Labute approximate surface area is 189 Å². The molecule has 168 valence electrons. The number of aromatic nitrogens is 5. The van der Waals surface area contributed by atoms with Crippen LogP contribution in [0.2, 0.25) is 0 Å². The first-order valence-corrected chi connectivity index (χ1v) is 10.7.